The third kappa shape index (κ3) is 3.32. The summed E-state index contributed by atoms with van der Waals surface area (Å²) in [6.45, 7) is 6.46. The SMILES string of the molecule is CCC(C)Nc1ccc(-c2nc3ccc(C)cc3s2)c(OC)c1. The van der Waals surface area contributed by atoms with Crippen LogP contribution in [-0.4, -0.2) is 18.1 Å². The number of rotatable bonds is 5. The molecule has 1 N–H and O–H groups in total. The van der Waals surface area contributed by atoms with Crippen LogP contribution in [0.5, 0.6) is 5.75 Å². The molecule has 1 heterocycles. The smallest absolute Gasteiger partial charge is 0.131 e. The maximum atomic E-state index is 5.60. The molecule has 0 aliphatic rings. The van der Waals surface area contributed by atoms with Crippen LogP contribution in [0.15, 0.2) is 36.4 Å². The van der Waals surface area contributed by atoms with Crippen LogP contribution in [0, 0.1) is 6.92 Å². The number of benzene rings is 2. The summed E-state index contributed by atoms with van der Waals surface area (Å²) in [7, 11) is 1.71. The van der Waals surface area contributed by atoms with Gasteiger partial charge in [0.2, 0.25) is 0 Å². The van der Waals surface area contributed by atoms with E-state index < -0.39 is 0 Å². The van der Waals surface area contributed by atoms with Gasteiger partial charge in [-0.25, -0.2) is 4.98 Å². The summed E-state index contributed by atoms with van der Waals surface area (Å²) in [5.74, 6) is 0.856. The summed E-state index contributed by atoms with van der Waals surface area (Å²) in [5, 5.41) is 4.48. The highest BCUT2D eigenvalue weighted by molar-refractivity contribution is 7.21. The number of nitrogens with zero attached hydrogens (tertiary/aromatic N) is 1. The molecule has 0 spiro atoms. The molecule has 1 unspecified atom stereocenters. The minimum atomic E-state index is 0.441. The molecule has 23 heavy (non-hydrogen) atoms. The number of hydrogen-bond acceptors (Lipinski definition) is 4. The lowest BCUT2D eigenvalue weighted by atomic mass is 10.1. The van der Waals surface area contributed by atoms with Crippen LogP contribution in [0.4, 0.5) is 5.69 Å². The van der Waals surface area contributed by atoms with Crippen molar-refractivity contribution < 1.29 is 4.74 Å². The third-order valence-electron chi connectivity index (χ3n) is 4.00. The summed E-state index contributed by atoms with van der Waals surface area (Å²) in [6.07, 6.45) is 1.08. The van der Waals surface area contributed by atoms with Gasteiger partial charge in [-0.2, -0.15) is 0 Å². The molecule has 1 atom stereocenters. The van der Waals surface area contributed by atoms with Crippen molar-refractivity contribution in [1.29, 1.82) is 0 Å². The first-order valence-corrected chi connectivity index (χ1v) is 8.74. The van der Waals surface area contributed by atoms with Crippen LogP contribution in [0.1, 0.15) is 25.8 Å². The lowest BCUT2D eigenvalue weighted by molar-refractivity contribution is 0.416. The molecule has 0 saturated heterocycles. The highest BCUT2D eigenvalue weighted by Gasteiger charge is 2.12. The lowest BCUT2D eigenvalue weighted by Crippen LogP contribution is -2.13. The molecule has 3 aromatic rings. The second-order valence-corrected chi connectivity index (χ2v) is 6.89. The van der Waals surface area contributed by atoms with Crippen LogP contribution in [0.2, 0.25) is 0 Å². The molecule has 4 heteroatoms. The molecule has 0 radical (unpaired) electrons. The van der Waals surface area contributed by atoms with Crippen molar-refractivity contribution in [3.8, 4) is 16.3 Å². The second-order valence-electron chi connectivity index (χ2n) is 5.86. The predicted molar refractivity (Wildman–Crippen MR) is 99.7 cm³/mol. The fourth-order valence-corrected chi connectivity index (χ4v) is 3.59. The Morgan fingerprint density at radius 2 is 2.04 bits per heavy atom. The van der Waals surface area contributed by atoms with Crippen molar-refractivity contribution in [1.82, 2.24) is 4.98 Å². The molecule has 3 nitrogen and oxygen atoms in total. The normalized spacial score (nSPS) is 12.3. The monoisotopic (exact) mass is 326 g/mol. The molecular formula is C19H22N2OS. The topological polar surface area (TPSA) is 34.2 Å². The number of thiazole rings is 1. The molecule has 0 saturated carbocycles. The highest BCUT2D eigenvalue weighted by Crippen LogP contribution is 2.37. The average molecular weight is 326 g/mol. The summed E-state index contributed by atoms with van der Waals surface area (Å²) < 4.78 is 6.81. The Bertz CT molecular complexity index is 825. The Hall–Kier alpha value is -2.07. The minimum Gasteiger partial charge on any atom is -0.496 e. The lowest BCUT2D eigenvalue weighted by Gasteiger charge is -2.15. The number of anilines is 1. The quantitative estimate of drug-likeness (QED) is 0.673. The molecule has 0 amide bonds. The van der Waals surface area contributed by atoms with Crippen molar-refractivity contribution in [3.63, 3.8) is 0 Å². The molecule has 0 bridgehead atoms. The molecule has 0 fully saturated rings. The molecule has 0 aliphatic carbocycles. The Labute approximate surface area is 141 Å². The van der Waals surface area contributed by atoms with Gasteiger partial charge in [0.15, 0.2) is 0 Å². The van der Waals surface area contributed by atoms with Crippen LogP contribution in [-0.2, 0) is 0 Å². The van der Waals surface area contributed by atoms with Gasteiger partial charge in [0.25, 0.3) is 0 Å². The van der Waals surface area contributed by atoms with E-state index in [0.29, 0.717) is 6.04 Å². The summed E-state index contributed by atoms with van der Waals surface area (Å²) in [6, 6.07) is 13.0. The first-order chi connectivity index (χ1) is 11.1. The second kappa shape index (κ2) is 6.59. The van der Waals surface area contributed by atoms with Crippen molar-refractivity contribution in [2.45, 2.75) is 33.2 Å². The summed E-state index contributed by atoms with van der Waals surface area (Å²) in [5.41, 5.74) is 4.42. The highest BCUT2D eigenvalue weighted by atomic mass is 32.1. The van der Waals surface area contributed by atoms with E-state index in [-0.39, 0.29) is 0 Å². The van der Waals surface area contributed by atoms with Gasteiger partial charge < -0.3 is 10.1 Å². The van der Waals surface area contributed by atoms with Crippen molar-refractivity contribution in [2.24, 2.45) is 0 Å². The predicted octanol–water partition coefficient (Wildman–Crippen LogP) is 5.49. The van der Waals surface area contributed by atoms with Crippen molar-refractivity contribution in [3.05, 3.63) is 42.0 Å². The number of nitrogens with one attached hydrogen (secondary N) is 1. The number of aryl methyl sites for hydroxylation is 1. The zero-order valence-electron chi connectivity index (χ0n) is 14.0. The van der Waals surface area contributed by atoms with Crippen LogP contribution >= 0.6 is 11.3 Å². The van der Waals surface area contributed by atoms with E-state index in [1.54, 1.807) is 18.4 Å². The maximum absolute atomic E-state index is 5.60. The van der Waals surface area contributed by atoms with E-state index in [2.05, 4.69) is 62.5 Å². The Morgan fingerprint density at radius 1 is 1.22 bits per heavy atom. The first kappa shape index (κ1) is 15.8. The van der Waals surface area contributed by atoms with Gasteiger partial charge >= 0.3 is 0 Å². The maximum Gasteiger partial charge on any atom is 0.131 e. The molecular weight excluding hydrogens is 304 g/mol. The molecule has 0 aliphatic heterocycles. The number of methoxy groups -OCH3 is 1. The minimum absolute atomic E-state index is 0.441. The Balaban J connectivity index is 2.00. The van der Waals surface area contributed by atoms with E-state index in [1.165, 1.54) is 10.3 Å². The fraction of sp³-hybridized carbons (Fsp3) is 0.316. The van der Waals surface area contributed by atoms with E-state index in [1.807, 2.05) is 0 Å². The van der Waals surface area contributed by atoms with Gasteiger partial charge in [-0.15, -0.1) is 11.3 Å². The zero-order chi connectivity index (χ0) is 16.4. The largest absolute Gasteiger partial charge is 0.496 e. The van der Waals surface area contributed by atoms with Crippen LogP contribution in [0.25, 0.3) is 20.8 Å². The van der Waals surface area contributed by atoms with Gasteiger partial charge in [-0.3, -0.25) is 0 Å². The Kier molecular flexibility index (Phi) is 4.53. The third-order valence-corrected chi connectivity index (χ3v) is 5.05. The average Bonchev–Trinajstić information content (AvgIpc) is 2.97. The number of ether oxygens (including phenoxy) is 1. The molecule has 1 aromatic heterocycles. The number of aromatic nitrogens is 1. The van der Waals surface area contributed by atoms with E-state index in [0.717, 1.165) is 33.9 Å². The number of fused-ring (bicyclic) bond motifs is 1. The van der Waals surface area contributed by atoms with Gasteiger partial charge in [0.1, 0.15) is 10.8 Å². The van der Waals surface area contributed by atoms with Crippen molar-refractivity contribution >= 4 is 27.2 Å². The summed E-state index contributed by atoms with van der Waals surface area (Å²) >= 11 is 1.71. The number of hydrogen-bond donors (Lipinski definition) is 1. The van der Waals surface area contributed by atoms with Crippen molar-refractivity contribution in [2.75, 3.05) is 12.4 Å². The first-order valence-electron chi connectivity index (χ1n) is 7.93. The van der Waals surface area contributed by atoms with Crippen LogP contribution in [0.3, 0.4) is 0 Å². The van der Waals surface area contributed by atoms with Gasteiger partial charge in [-0.1, -0.05) is 13.0 Å². The Morgan fingerprint density at radius 3 is 2.78 bits per heavy atom. The van der Waals surface area contributed by atoms with E-state index in [4.69, 9.17) is 9.72 Å². The molecule has 120 valence electrons. The van der Waals surface area contributed by atoms with Gasteiger partial charge in [-0.05, 0) is 50.1 Å². The van der Waals surface area contributed by atoms with E-state index >= 15 is 0 Å². The zero-order valence-corrected chi connectivity index (χ0v) is 14.8. The van der Waals surface area contributed by atoms with Crippen LogP contribution < -0.4 is 10.1 Å². The summed E-state index contributed by atoms with van der Waals surface area (Å²) in [4.78, 5) is 4.76. The van der Waals surface area contributed by atoms with E-state index in [9.17, 15) is 0 Å². The standard InChI is InChI=1S/C19H22N2OS/c1-5-13(3)20-14-7-8-15(17(11-14)22-4)19-21-16-9-6-12(2)10-18(16)23-19/h6-11,13,20H,5H2,1-4H3. The van der Waals surface area contributed by atoms with Gasteiger partial charge in [0, 0.05) is 17.8 Å². The van der Waals surface area contributed by atoms with Gasteiger partial charge in [0.05, 0.1) is 22.9 Å². The molecule has 2 aromatic carbocycles. The fourth-order valence-electron chi connectivity index (χ4n) is 2.49. The molecule has 3 rings (SSSR count).